The summed E-state index contributed by atoms with van der Waals surface area (Å²) in [5, 5.41) is 0. The SMILES string of the molecule is O=P(Cl)(Cl)OP1(=O)Oc2ccccc2O1. The lowest BCUT2D eigenvalue weighted by Crippen LogP contribution is -1.92. The predicted octanol–water partition coefficient (Wildman–Crippen LogP) is 4.17. The van der Waals surface area contributed by atoms with Crippen molar-refractivity contribution in [1.29, 1.82) is 0 Å². The number of benzene rings is 1. The molecule has 0 saturated heterocycles. The Morgan fingerprint density at radius 2 is 1.67 bits per heavy atom. The van der Waals surface area contributed by atoms with Gasteiger partial charge < -0.3 is 9.05 Å². The monoisotopic (exact) mass is 288 g/mol. The van der Waals surface area contributed by atoms with Crippen molar-refractivity contribution in [3.8, 4) is 11.5 Å². The summed E-state index contributed by atoms with van der Waals surface area (Å²) in [5.74, 6) is 0.449. The summed E-state index contributed by atoms with van der Waals surface area (Å²) in [6.07, 6.45) is -3.98. The van der Waals surface area contributed by atoms with Gasteiger partial charge in [-0.2, -0.15) is 4.31 Å². The molecule has 2 rings (SSSR count). The van der Waals surface area contributed by atoms with Crippen molar-refractivity contribution in [1.82, 2.24) is 0 Å². The Balaban J connectivity index is 2.26. The van der Waals surface area contributed by atoms with Gasteiger partial charge in [-0.3, -0.25) is 4.57 Å². The first-order valence-corrected chi connectivity index (χ1v) is 8.56. The van der Waals surface area contributed by atoms with Gasteiger partial charge in [0.2, 0.25) is 0 Å². The molecule has 0 amide bonds. The maximum Gasteiger partial charge on any atom is 0.595 e. The molecule has 82 valence electrons. The van der Waals surface area contributed by atoms with Gasteiger partial charge in [0, 0.05) is 0 Å². The summed E-state index contributed by atoms with van der Waals surface area (Å²) in [6.45, 7) is 0. The van der Waals surface area contributed by atoms with E-state index in [9.17, 15) is 9.13 Å². The van der Waals surface area contributed by atoms with E-state index in [-0.39, 0.29) is 11.5 Å². The molecule has 0 radical (unpaired) electrons. The third-order valence-electron chi connectivity index (χ3n) is 1.46. The second-order valence-electron chi connectivity index (χ2n) is 2.57. The molecular formula is C6H4Cl2O5P2. The first-order chi connectivity index (χ1) is 6.88. The number of hydrogen-bond donors (Lipinski definition) is 0. The largest absolute Gasteiger partial charge is 0.595 e. The van der Waals surface area contributed by atoms with Crippen molar-refractivity contribution >= 4 is 36.4 Å². The lowest BCUT2D eigenvalue weighted by atomic mass is 10.3. The normalized spacial score (nSPS) is 17.7. The maximum atomic E-state index is 11.7. The van der Waals surface area contributed by atoms with Gasteiger partial charge in [0.15, 0.2) is 11.5 Å². The summed E-state index contributed by atoms with van der Waals surface area (Å²) in [6, 6.07) is 6.34. The van der Waals surface area contributed by atoms with E-state index in [2.05, 4.69) is 4.31 Å². The Morgan fingerprint density at radius 1 is 1.20 bits per heavy atom. The average Bonchev–Trinajstić information content (AvgIpc) is 2.35. The molecule has 0 bridgehead atoms. The van der Waals surface area contributed by atoms with Gasteiger partial charge in [0.05, 0.1) is 0 Å². The number of fused-ring (bicyclic) bond motifs is 1. The minimum absolute atomic E-state index is 0.225. The van der Waals surface area contributed by atoms with Crippen molar-refractivity contribution in [2.24, 2.45) is 0 Å². The summed E-state index contributed by atoms with van der Waals surface area (Å²) in [5.41, 5.74) is 0. The molecule has 15 heavy (non-hydrogen) atoms. The third-order valence-corrected chi connectivity index (χ3v) is 4.98. The summed E-state index contributed by atoms with van der Waals surface area (Å²) >= 11 is 10.2. The van der Waals surface area contributed by atoms with Crippen LogP contribution < -0.4 is 9.05 Å². The highest BCUT2D eigenvalue weighted by molar-refractivity contribution is 8.07. The second-order valence-corrected chi connectivity index (χ2v) is 8.50. The molecular weight excluding hydrogens is 285 g/mol. The Kier molecular flexibility index (Phi) is 2.78. The van der Waals surface area contributed by atoms with Crippen LogP contribution in [-0.2, 0) is 13.4 Å². The fourth-order valence-corrected chi connectivity index (χ4v) is 4.39. The predicted molar refractivity (Wildman–Crippen MR) is 55.7 cm³/mol. The molecule has 0 N–H and O–H groups in total. The number of para-hydroxylation sites is 2. The minimum Gasteiger partial charge on any atom is -0.391 e. The molecule has 0 fully saturated rings. The minimum atomic E-state index is -4.00. The van der Waals surface area contributed by atoms with E-state index in [0.717, 1.165) is 0 Å². The Hall–Kier alpha value is -0.180. The van der Waals surface area contributed by atoms with Gasteiger partial charge in [-0.15, -0.1) is 0 Å². The molecule has 0 saturated carbocycles. The Morgan fingerprint density at radius 3 is 2.07 bits per heavy atom. The molecule has 1 aliphatic rings. The molecule has 1 heterocycles. The van der Waals surface area contributed by atoms with Crippen LogP contribution in [0.2, 0.25) is 0 Å². The van der Waals surface area contributed by atoms with E-state index in [0.29, 0.717) is 0 Å². The molecule has 5 nitrogen and oxygen atoms in total. The lowest BCUT2D eigenvalue weighted by molar-refractivity contribution is 0.338. The van der Waals surface area contributed by atoms with Crippen LogP contribution in [-0.4, -0.2) is 0 Å². The van der Waals surface area contributed by atoms with E-state index in [1.54, 1.807) is 12.1 Å². The second kappa shape index (κ2) is 3.69. The first-order valence-electron chi connectivity index (χ1n) is 3.67. The highest BCUT2D eigenvalue weighted by Crippen LogP contribution is 2.72. The third kappa shape index (κ3) is 2.68. The molecule has 0 atom stereocenters. The van der Waals surface area contributed by atoms with Gasteiger partial charge in [0.25, 0.3) is 0 Å². The number of hydrogen-bond acceptors (Lipinski definition) is 5. The molecule has 1 aromatic carbocycles. The van der Waals surface area contributed by atoms with Crippen LogP contribution in [0.1, 0.15) is 0 Å². The van der Waals surface area contributed by atoms with E-state index in [1.165, 1.54) is 12.1 Å². The van der Waals surface area contributed by atoms with E-state index in [4.69, 9.17) is 31.5 Å². The van der Waals surface area contributed by atoms with Gasteiger partial charge >= 0.3 is 13.9 Å². The van der Waals surface area contributed by atoms with Crippen molar-refractivity contribution in [2.75, 3.05) is 0 Å². The highest BCUT2D eigenvalue weighted by atomic mass is 35.9. The van der Waals surface area contributed by atoms with E-state index >= 15 is 0 Å². The number of halogens is 2. The zero-order valence-corrected chi connectivity index (χ0v) is 10.3. The number of rotatable bonds is 2. The van der Waals surface area contributed by atoms with E-state index < -0.39 is 13.9 Å². The average molecular weight is 289 g/mol. The lowest BCUT2D eigenvalue weighted by Gasteiger charge is -2.09. The van der Waals surface area contributed by atoms with Gasteiger partial charge in [-0.25, -0.2) is 4.57 Å². The number of phosphoric acid groups is 1. The summed E-state index contributed by atoms with van der Waals surface area (Å²) in [4.78, 5) is 0. The molecule has 0 unspecified atom stereocenters. The fraction of sp³-hybridized carbons (Fsp3) is 0. The topological polar surface area (TPSA) is 61.8 Å². The van der Waals surface area contributed by atoms with Gasteiger partial charge in [-0.05, 0) is 34.6 Å². The molecule has 0 aliphatic carbocycles. The van der Waals surface area contributed by atoms with Crippen LogP contribution in [0.15, 0.2) is 24.3 Å². The quantitative estimate of drug-likeness (QED) is 0.764. The molecule has 9 heteroatoms. The van der Waals surface area contributed by atoms with E-state index in [1.807, 2.05) is 0 Å². The first kappa shape index (κ1) is 11.3. The van der Waals surface area contributed by atoms with Crippen LogP contribution in [0.4, 0.5) is 0 Å². The maximum absolute atomic E-state index is 11.7. The van der Waals surface area contributed by atoms with Crippen molar-refractivity contribution in [2.45, 2.75) is 0 Å². The van der Waals surface area contributed by atoms with Crippen LogP contribution in [0.3, 0.4) is 0 Å². The van der Waals surface area contributed by atoms with Crippen molar-refractivity contribution in [3.05, 3.63) is 24.3 Å². The highest BCUT2D eigenvalue weighted by Gasteiger charge is 2.44. The van der Waals surface area contributed by atoms with Crippen LogP contribution in [0, 0.1) is 0 Å². The Labute approximate surface area is 94.9 Å². The van der Waals surface area contributed by atoms with Gasteiger partial charge in [-0.1, -0.05) is 12.1 Å². The molecule has 1 aliphatic heterocycles. The summed E-state index contributed by atoms with van der Waals surface area (Å²) < 4.78 is 36.6. The fourth-order valence-electron chi connectivity index (χ4n) is 1.01. The zero-order chi connectivity index (χ0) is 11.1. The standard InChI is InChI=1S/C6H4Cl2O5P2/c7-14(8,9)13-15(10)11-5-3-1-2-4-6(5)12-15/h1-4H. The zero-order valence-electron chi connectivity index (χ0n) is 7.00. The molecule has 0 aromatic heterocycles. The van der Waals surface area contributed by atoms with Crippen molar-refractivity contribution < 1.29 is 22.5 Å². The number of phosphoric ester groups is 1. The summed E-state index contributed by atoms with van der Waals surface area (Å²) in [7, 11) is -4.00. The van der Waals surface area contributed by atoms with Crippen LogP contribution >= 0.6 is 36.4 Å². The smallest absolute Gasteiger partial charge is 0.391 e. The van der Waals surface area contributed by atoms with Crippen LogP contribution in [0.25, 0.3) is 0 Å². The molecule has 1 aromatic rings. The molecule has 0 spiro atoms. The van der Waals surface area contributed by atoms with Gasteiger partial charge in [0.1, 0.15) is 0 Å². The Bertz CT molecular complexity index is 455. The van der Waals surface area contributed by atoms with Crippen molar-refractivity contribution in [3.63, 3.8) is 0 Å². The van der Waals surface area contributed by atoms with Crippen LogP contribution in [0.5, 0.6) is 11.5 Å².